The summed E-state index contributed by atoms with van der Waals surface area (Å²) in [6.45, 7) is 0. The molecule has 4 nitrogen and oxygen atoms in total. The van der Waals surface area contributed by atoms with Crippen molar-refractivity contribution in [2.45, 2.75) is 0 Å². The molecule has 55 heavy (non-hydrogen) atoms. The van der Waals surface area contributed by atoms with E-state index in [0.717, 1.165) is 84.0 Å². The molecule has 4 heteroatoms. The third kappa shape index (κ3) is 6.93. The lowest BCUT2D eigenvalue weighted by Gasteiger charge is -2.27. The third-order valence-electron chi connectivity index (χ3n) is 9.91. The van der Waals surface area contributed by atoms with E-state index in [2.05, 4.69) is 121 Å². The summed E-state index contributed by atoms with van der Waals surface area (Å²) in [4.78, 5) is 10.1. The first-order chi connectivity index (χ1) is 27.2. The molecule has 0 saturated heterocycles. The molecule has 0 spiro atoms. The van der Waals surface area contributed by atoms with Crippen LogP contribution >= 0.6 is 0 Å². The number of rotatable bonds is 8. The van der Waals surface area contributed by atoms with Gasteiger partial charge in [0.2, 0.25) is 0 Å². The minimum absolute atomic E-state index is 0.453. The number of aromatic nitrogens is 2. The Hall–Kier alpha value is -7.43. The van der Waals surface area contributed by atoms with E-state index in [-0.39, 0.29) is 0 Å². The lowest BCUT2D eigenvalue weighted by atomic mass is 9.86. The molecule has 0 aliphatic carbocycles. The first kappa shape index (κ1) is 33.4. The van der Waals surface area contributed by atoms with E-state index in [9.17, 15) is 5.41 Å². The van der Waals surface area contributed by atoms with Gasteiger partial charge in [-0.3, -0.25) is 5.41 Å². The molecule has 9 rings (SSSR count). The van der Waals surface area contributed by atoms with Crippen molar-refractivity contribution in [2.24, 2.45) is 0 Å². The zero-order chi connectivity index (χ0) is 37.0. The molecule has 1 aliphatic rings. The van der Waals surface area contributed by atoms with E-state index < -0.39 is 0 Å². The molecule has 260 valence electrons. The number of hydrogen-bond acceptors (Lipinski definition) is 4. The molecule has 7 aromatic carbocycles. The van der Waals surface area contributed by atoms with Gasteiger partial charge in [-0.05, 0) is 52.1 Å². The first-order valence-corrected chi connectivity index (χ1v) is 18.4. The van der Waals surface area contributed by atoms with E-state index >= 15 is 0 Å². The van der Waals surface area contributed by atoms with Crippen LogP contribution in [0.5, 0.6) is 0 Å². The fourth-order valence-corrected chi connectivity index (χ4v) is 7.14. The lowest BCUT2D eigenvalue weighted by Crippen LogP contribution is -2.20. The molecular weight excluding hydrogens is 669 g/mol. The van der Waals surface area contributed by atoms with Gasteiger partial charge in [-0.2, -0.15) is 0 Å². The average Bonchev–Trinajstić information content (AvgIpc) is 3.27. The van der Waals surface area contributed by atoms with Crippen LogP contribution in [0, 0.1) is 5.41 Å². The maximum absolute atomic E-state index is 9.64. The van der Waals surface area contributed by atoms with Crippen LogP contribution < -0.4 is 5.32 Å². The van der Waals surface area contributed by atoms with Crippen molar-refractivity contribution in [3.05, 3.63) is 228 Å². The predicted molar refractivity (Wildman–Crippen MR) is 228 cm³/mol. The maximum atomic E-state index is 9.64. The minimum atomic E-state index is 0.453. The molecule has 0 saturated carbocycles. The van der Waals surface area contributed by atoms with E-state index in [0.29, 0.717) is 11.5 Å². The van der Waals surface area contributed by atoms with Gasteiger partial charge in [0, 0.05) is 39.1 Å². The topological polar surface area (TPSA) is 61.7 Å². The predicted octanol–water partition coefficient (Wildman–Crippen LogP) is 12.2. The van der Waals surface area contributed by atoms with Crippen LogP contribution in [-0.4, -0.2) is 15.7 Å². The zero-order valence-electron chi connectivity index (χ0n) is 30.0. The fourth-order valence-electron chi connectivity index (χ4n) is 7.14. The maximum Gasteiger partial charge on any atom is 0.160 e. The highest BCUT2D eigenvalue weighted by Crippen LogP contribution is 2.39. The molecule has 0 bridgehead atoms. The van der Waals surface area contributed by atoms with Gasteiger partial charge in [0.15, 0.2) is 5.82 Å². The second kappa shape index (κ2) is 14.9. The summed E-state index contributed by atoms with van der Waals surface area (Å²) in [5.41, 5.74) is 15.1. The van der Waals surface area contributed by atoms with E-state index in [1.807, 2.05) is 91.0 Å². The van der Waals surface area contributed by atoms with Crippen molar-refractivity contribution in [1.82, 2.24) is 15.3 Å². The Bertz CT molecular complexity index is 2640. The molecule has 2 N–H and O–H groups in total. The lowest BCUT2D eigenvalue weighted by molar-refractivity contribution is 1.18. The number of nitrogens with zero attached hydrogens (tertiary/aromatic N) is 2. The Kier molecular flexibility index (Phi) is 9.05. The Labute approximate surface area is 321 Å². The molecule has 1 aliphatic heterocycles. The summed E-state index contributed by atoms with van der Waals surface area (Å²) >= 11 is 0. The van der Waals surface area contributed by atoms with Crippen molar-refractivity contribution >= 4 is 28.8 Å². The van der Waals surface area contributed by atoms with Crippen LogP contribution in [0.2, 0.25) is 0 Å². The first-order valence-electron chi connectivity index (χ1n) is 18.4. The molecule has 0 fully saturated rings. The summed E-state index contributed by atoms with van der Waals surface area (Å²) in [6.07, 6.45) is 2.21. The Morgan fingerprint density at radius 1 is 0.418 bits per heavy atom. The van der Waals surface area contributed by atoms with Crippen molar-refractivity contribution in [2.75, 3.05) is 0 Å². The summed E-state index contributed by atoms with van der Waals surface area (Å²) in [5.74, 6) is 0.687. The number of hydrogen-bond donors (Lipinski definition) is 2. The van der Waals surface area contributed by atoms with E-state index in [1.165, 1.54) is 0 Å². The zero-order valence-corrected chi connectivity index (χ0v) is 30.0. The van der Waals surface area contributed by atoms with Crippen LogP contribution in [0.1, 0.15) is 27.8 Å². The van der Waals surface area contributed by atoms with Gasteiger partial charge >= 0.3 is 0 Å². The third-order valence-corrected chi connectivity index (χ3v) is 9.91. The summed E-state index contributed by atoms with van der Waals surface area (Å²) < 4.78 is 0. The largest absolute Gasteiger partial charge is 0.354 e. The highest BCUT2D eigenvalue weighted by molar-refractivity contribution is 6.36. The Balaban J connectivity index is 1.21. The van der Waals surface area contributed by atoms with Crippen LogP contribution in [0.4, 0.5) is 0 Å². The number of allylic oxidation sites excluding steroid dienone is 1. The van der Waals surface area contributed by atoms with Gasteiger partial charge in [0.25, 0.3) is 0 Å². The summed E-state index contributed by atoms with van der Waals surface area (Å²) in [6, 6.07) is 68.3. The molecule has 0 unspecified atom stereocenters. The smallest absolute Gasteiger partial charge is 0.160 e. The highest BCUT2D eigenvalue weighted by atomic mass is 14.9. The van der Waals surface area contributed by atoms with Crippen LogP contribution in [0.15, 0.2) is 200 Å². The summed E-state index contributed by atoms with van der Waals surface area (Å²) in [5, 5.41) is 13.5. The molecule has 2 heterocycles. The van der Waals surface area contributed by atoms with Crippen molar-refractivity contribution in [1.29, 1.82) is 5.41 Å². The minimum Gasteiger partial charge on any atom is -0.354 e. The number of nitrogens with one attached hydrogen (secondary N) is 2. The van der Waals surface area contributed by atoms with Gasteiger partial charge in [-0.1, -0.05) is 182 Å². The van der Waals surface area contributed by atoms with Gasteiger partial charge in [0.05, 0.1) is 22.8 Å². The standard InChI is InChI=1S/C51H36N4/c52-49(38-23-12-4-13-24-38)48(37-21-10-3-11-22-37)50-44-32-41(29-30-42(44)33-45(53-50)35-17-6-1-7-18-35)40-27-16-28-43(31-40)47-34-46(36-19-8-2-9-20-36)54-51(55-47)39-25-14-5-15-26-39/h1-34,52-53H/b50-48-,52-49?. The quantitative estimate of drug-likeness (QED) is 0.155. The van der Waals surface area contributed by atoms with Crippen molar-refractivity contribution in [3.63, 3.8) is 0 Å². The van der Waals surface area contributed by atoms with Gasteiger partial charge in [-0.25, -0.2) is 9.97 Å². The van der Waals surface area contributed by atoms with Crippen molar-refractivity contribution < 1.29 is 0 Å². The normalized spacial score (nSPS) is 12.9. The number of fused-ring (bicyclic) bond motifs is 1. The molecule has 0 radical (unpaired) electrons. The van der Waals surface area contributed by atoms with Crippen LogP contribution in [0.3, 0.4) is 0 Å². The molecule has 1 aromatic heterocycles. The van der Waals surface area contributed by atoms with Gasteiger partial charge < -0.3 is 5.32 Å². The molecular formula is C51H36N4. The Morgan fingerprint density at radius 3 is 1.58 bits per heavy atom. The molecule has 8 aromatic rings. The van der Waals surface area contributed by atoms with Gasteiger partial charge in [-0.15, -0.1) is 0 Å². The fraction of sp³-hybridized carbons (Fsp3) is 0. The second-order valence-electron chi connectivity index (χ2n) is 13.5. The second-order valence-corrected chi connectivity index (χ2v) is 13.5. The number of benzene rings is 7. The van der Waals surface area contributed by atoms with Crippen LogP contribution in [0.25, 0.3) is 68.1 Å². The Morgan fingerprint density at radius 2 is 0.927 bits per heavy atom. The highest BCUT2D eigenvalue weighted by Gasteiger charge is 2.24. The van der Waals surface area contributed by atoms with E-state index in [1.54, 1.807) is 0 Å². The molecule has 0 amide bonds. The van der Waals surface area contributed by atoms with Gasteiger partial charge in [0.1, 0.15) is 0 Å². The van der Waals surface area contributed by atoms with E-state index in [4.69, 9.17) is 9.97 Å². The monoisotopic (exact) mass is 704 g/mol. The van der Waals surface area contributed by atoms with Crippen LogP contribution in [-0.2, 0) is 0 Å². The van der Waals surface area contributed by atoms with Crippen molar-refractivity contribution in [3.8, 4) is 45.0 Å². The SMILES string of the molecule is N=C(/C(=C1\NC(c2ccccc2)=Cc2ccc(-c3cccc(-c4cc(-c5ccccc5)nc(-c5ccccc5)n4)c3)cc21)c1ccccc1)c1ccccc1. The average molecular weight is 705 g/mol. The molecule has 0 atom stereocenters. The summed E-state index contributed by atoms with van der Waals surface area (Å²) in [7, 11) is 0.